The molecule has 6 nitrogen and oxygen atoms in total. The van der Waals surface area contributed by atoms with Crippen molar-refractivity contribution in [2.24, 2.45) is 0 Å². The molecule has 1 atom stereocenters. The van der Waals surface area contributed by atoms with Gasteiger partial charge in [0.05, 0.1) is 0 Å². The summed E-state index contributed by atoms with van der Waals surface area (Å²) in [6.07, 6.45) is 0.973. The lowest BCUT2D eigenvalue weighted by molar-refractivity contribution is -0.131. The number of rotatable bonds is 8. The van der Waals surface area contributed by atoms with E-state index in [9.17, 15) is 9.59 Å². The second-order valence-electron chi connectivity index (χ2n) is 6.43. The molecule has 2 amide bonds. The largest absolute Gasteiger partial charge is 0.484 e. The average molecular weight is 449 g/mol. The summed E-state index contributed by atoms with van der Waals surface area (Å²) in [5.41, 5.74) is 6.69. The predicted molar refractivity (Wildman–Crippen MR) is 111 cm³/mol. The van der Waals surface area contributed by atoms with Gasteiger partial charge in [-0.15, -0.1) is 0 Å². The number of amides is 2. The number of aryl methyl sites for hydroxylation is 1. The van der Waals surface area contributed by atoms with Gasteiger partial charge in [0.25, 0.3) is 11.8 Å². The number of carbonyl (C=O) groups is 2. The summed E-state index contributed by atoms with van der Waals surface area (Å²) in [5, 5.41) is 0. The van der Waals surface area contributed by atoms with Gasteiger partial charge < -0.3 is 9.47 Å². The van der Waals surface area contributed by atoms with E-state index in [2.05, 4.69) is 40.6 Å². The Balaban J connectivity index is 1.75. The fourth-order valence-electron chi connectivity index (χ4n) is 2.45. The SMILES string of the molecule is CCC(C)c1ccccc1OCC(=O)NNC(=O)COc1ccc(Br)c(C)c1. The van der Waals surface area contributed by atoms with Gasteiger partial charge in [-0.2, -0.15) is 0 Å². The topological polar surface area (TPSA) is 76.7 Å². The van der Waals surface area contributed by atoms with Crippen LogP contribution in [0.4, 0.5) is 0 Å². The number of hydrogen-bond donors (Lipinski definition) is 2. The van der Waals surface area contributed by atoms with Gasteiger partial charge in [0.15, 0.2) is 13.2 Å². The first-order chi connectivity index (χ1) is 13.4. The Bertz CT molecular complexity index is 826. The molecule has 28 heavy (non-hydrogen) atoms. The maximum Gasteiger partial charge on any atom is 0.276 e. The number of benzene rings is 2. The molecule has 0 saturated carbocycles. The lowest BCUT2D eigenvalue weighted by atomic mass is 9.98. The average Bonchev–Trinajstić information content (AvgIpc) is 2.71. The van der Waals surface area contributed by atoms with E-state index in [-0.39, 0.29) is 13.2 Å². The molecule has 0 radical (unpaired) electrons. The van der Waals surface area contributed by atoms with E-state index in [0.717, 1.165) is 22.0 Å². The summed E-state index contributed by atoms with van der Waals surface area (Å²) in [4.78, 5) is 23.8. The number of hydrogen-bond acceptors (Lipinski definition) is 4. The third kappa shape index (κ3) is 6.56. The molecule has 7 heteroatoms. The predicted octanol–water partition coefficient (Wildman–Crippen LogP) is 3.88. The molecule has 0 aliphatic carbocycles. The van der Waals surface area contributed by atoms with Crippen LogP contribution in [0.25, 0.3) is 0 Å². The van der Waals surface area contributed by atoms with Crippen LogP contribution in [0.1, 0.15) is 37.3 Å². The zero-order valence-corrected chi connectivity index (χ0v) is 17.8. The molecule has 1 unspecified atom stereocenters. The van der Waals surface area contributed by atoms with Crippen LogP contribution >= 0.6 is 15.9 Å². The number of carbonyl (C=O) groups excluding carboxylic acids is 2. The van der Waals surface area contributed by atoms with Crippen LogP contribution in [0.3, 0.4) is 0 Å². The number of para-hydroxylation sites is 1. The Labute approximate surface area is 173 Å². The van der Waals surface area contributed by atoms with Gasteiger partial charge in [-0.05, 0) is 54.7 Å². The number of ether oxygens (including phenoxy) is 2. The van der Waals surface area contributed by atoms with E-state index in [1.54, 1.807) is 6.07 Å². The molecule has 0 aliphatic heterocycles. The molecular weight excluding hydrogens is 424 g/mol. The maximum absolute atomic E-state index is 11.9. The van der Waals surface area contributed by atoms with Gasteiger partial charge in [-0.25, -0.2) is 0 Å². The first-order valence-corrected chi connectivity index (χ1v) is 9.88. The normalized spacial score (nSPS) is 11.4. The van der Waals surface area contributed by atoms with Crippen molar-refractivity contribution in [2.45, 2.75) is 33.1 Å². The maximum atomic E-state index is 11.9. The fraction of sp³-hybridized carbons (Fsp3) is 0.333. The first kappa shape index (κ1) is 21.8. The van der Waals surface area contributed by atoms with Crippen LogP contribution < -0.4 is 20.3 Å². The van der Waals surface area contributed by atoms with E-state index in [4.69, 9.17) is 9.47 Å². The van der Waals surface area contributed by atoms with Crippen LogP contribution in [-0.4, -0.2) is 25.0 Å². The third-order valence-electron chi connectivity index (χ3n) is 4.26. The van der Waals surface area contributed by atoms with Gasteiger partial charge in [-0.1, -0.05) is 48.0 Å². The van der Waals surface area contributed by atoms with Crippen molar-refractivity contribution >= 4 is 27.7 Å². The minimum Gasteiger partial charge on any atom is -0.484 e. The number of halogens is 1. The summed E-state index contributed by atoms with van der Waals surface area (Å²) < 4.78 is 12.0. The highest BCUT2D eigenvalue weighted by molar-refractivity contribution is 9.10. The summed E-state index contributed by atoms with van der Waals surface area (Å²) in [5.74, 6) is 0.665. The highest BCUT2D eigenvalue weighted by Gasteiger charge is 2.12. The van der Waals surface area contributed by atoms with Crippen molar-refractivity contribution in [1.82, 2.24) is 10.9 Å². The molecule has 2 aromatic rings. The molecule has 150 valence electrons. The van der Waals surface area contributed by atoms with Gasteiger partial charge in [0.2, 0.25) is 0 Å². The Morgan fingerprint density at radius 1 is 1.04 bits per heavy atom. The first-order valence-electron chi connectivity index (χ1n) is 9.09. The molecule has 0 aliphatic rings. The summed E-state index contributed by atoms with van der Waals surface area (Å²) in [7, 11) is 0. The van der Waals surface area contributed by atoms with Crippen LogP contribution in [0, 0.1) is 6.92 Å². The second kappa shape index (κ2) is 10.7. The van der Waals surface area contributed by atoms with Crippen molar-refractivity contribution in [3.8, 4) is 11.5 Å². The quantitative estimate of drug-likeness (QED) is 0.600. The lowest BCUT2D eigenvalue weighted by Gasteiger charge is -2.15. The molecular formula is C21H25BrN2O4. The van der Waals surface area contributed by atoms with Crippen LogP contribution in [0.15, 0.2) is 46.9 Å². The van der Waals surface area contributed by atoms with E-state index in [1.165, 1.54) is 0 Å². The number of hydrazine groups is 1. The van der Waals surface area contributed by atoms with E-state index < -0.39 is 11.8 Å². The lowest BCUT2D eigenvalue weighted by Crippen LogP contribution is -2.45. The van der Waals surface area contributed by atoms with Crippen molar-refractivity contribution < 1.29 is 19.1 Å². The molecule has 0 spiro atoms. The summed E-state index contributed by atoms with van der Waals surface area (Å²) >= 11 is 3.40. The Morgan fingerprint density at radius 2 is 1.68 bits per heavy atom. The Hall–Kier alpha value is -2.54. The molecule has 2 aromatic carbocycles. The van der Waals surface area contributed by atoms with Crippen molar-refractivity contribution in [3.63, 3.8) is 0 Å². The fourth-order valence-corrected chi connectivity index (χ4v) is 2.70. The minimum atomic E-state index is -0.464. The summed E-state index contributed by atoms with van der Waals surface area (Å²) in [6, 6.07) is 13.1. The van der Waals surface area contributed by atoms with Gasteiger partial charge in [0, 0.05) is 4.47 Å². The molecule has 2 N–H and O–H groups in total. The Morgan fingerprint density at radius 3 is 2.32 bits per heavy atom. The van der Waals surface area contributed by atoms with Crippen LogP contribution in [0.2, 0.25) is 0 Å². The van der Waals surface area contributed by atoms with Crippen LogP contribution in [-0.2, 0) is 9.59 Å². The van der Waals surface area contributed by atoms with Crippen LogP contribution in [0.5, 0.6) is 11.5 Å². The number of nitrogens with one attached hydrogen (secondary N) is 2. The molecule has 0 fully saturated rings. The summed E-state index contributed by atoms with van der Waals surface area (Å²) in [6.45, 7) is 5.73. The molecule has 0 aromatic heterocycles. The second-order valence-corrected chi connectivity index (χ2v) is 7.29. The van der Waals surface area contributed by atoms with E-state index in [1.807, 2.05) is 43.3 Å². The van der Waals surface area contributed by atoms with E-state index in [0.29, 0.717) is 17.4 Å². The van der Waals surface area contributed by atoms with Crippen molar-refractivity contribution in [2.75, 3.05) is 13.2 Å². The molecule has 0 bridgehead atoms. The molecule has 0 heterocycles. The molecule has 2 rings (SSSR count). The Kier molecular flexibility index (Phi) is 8.32. The zero-order valence-electron chi connectivity index (χ0n) is 16.3. The third-order valence-corrected chi connectivity index (χ3v) is 5.15. The minimum absolute atomic E-state index is 0.194. The molecule has 0 saturated heterocycles. The van der Waals surface area contributed by atoms with Gasteiger partial charge >= 0.3 is 0 Å². The highest BCUT2D eigenvalue weighted by atomic mass is 79.9. The zero-order chi connectivity index (χ0) is 20.5. The highest BCUT2D eigenvalue weighted by Crippen LogP contribution is 2.28. The van der Waals surface area contributed by atoms with Crippen molar-refractivity contribution in [1.29, 1.82) is 0 Å². The smallest absolute Gasteiger partial charge is 0.276 e. The van der Waals surface area contributed by atoms with Gasteiger partial charge in [-0.3, -0.25) is 20.4 Å². The van der Waals surface area contributed by atoms with E-state index >= 15 is 0 Å². The van der Waals surface area contributed by atoms with Crippen molar-refractivity contribution in [3.05, 3.63) is 58.1 Å². The van der Waals surface area contributed by atoms with Gasteiger partial charge in [0.1, 0.15) is 11.5 Å². The monoisotopic (exact) mass is 448 g/mol. The standard InChI is InChI=1S/C21H25BrN2O4/c1-4-14(2)17-7-5-6-8-19(17)28-13-21(26)24-23-20(25)12-27-16-9-10-18(22)15(3)11-16/h5-11,14H,4,12-13H2,1-3H3,(H,23,25)(H,24,26).